The summed E-state index contributed by atoms with van der Waals surface area (Å²) in [6.07, 6.45) is 1.05. The van der Waals surface area contributed by atoms with Gasteiger partial charge >= 0.3 is 0 Å². The van der Waals surface area contributed by atoms with Gasteiger partial charge in [0, 0.05) is 23.8 Å². The van der Waals surface area contributed by atoms with Crippen LogP contribution in [0.4, 0.5) is 11.4 Å². The van der Waals surface area contributed by atoms with Crippen molar-refractivity contribution in [2.24, 2.45) is 0 Å². The third-order valence-corrected chi connectivity index (χ3v) is 6.03. The number of ether oxygens (including phenoxy) is 1. The Morgan fingerprint density at radius 2 is 1.62 bits per heavy atom. The Hall–Kier alpha value is -3.60. The summed E-state index contributed by atoms with van der Waals surface area (Å²) in [6, 6.07) is 24.7. The summed E-state index contributed by atoms with van der Waals surface area (Å²) in [5, 5.41) is 0. The van der Waals surface area contributed by atoms with Gasteiger partial charge < -0.3 is 14.5 Å². The fraction of sp³-hybridized carbons (Fsp3) is 0.259. The molecule has 32 heavy (non-hydrogen) atoms. The van der Waals surface area contributed by atoms with Gasteiger partial charge in [-0.15, -0.1) is 0 Å². The van der Waals surface area contributed by atoms with E-state index in [0.29, 0.717) is 24.2 Å². The van der Waals surface area contributed by atoms with Gasteiger partial charge in [0.15, 0.2) is 0 Å². The number of carbonyl (C=O) groups is 2. The van der Waals surface area contributed by atoms with Crippen molar-refractivity contribution in [2.75, 3.05) is 16.9 Å². The van der Waals surface area contributed by atoms with Gasteiger partial charge in [-0.25, -0.2) is 0 Å². The largest absolute Gasteiger partial charge is 0.496 e. The van der Waals surface area contributed by atoms with Gasteiger partial charge in [0.2, 0.25) is 5.91 Å². The molecule has 5 nitrogen and oxygen atoms in total. The van der Waals surface area contributed by atoms with Gasteiger partial charge in [-0.2, -0.15) is 0 Å². The molecule has 1 aliphatic rings. The topological polar surface area (TPSA) is 49.9 Å². The predicted octanol–water partition coefficient (Wildman–Crippen LogP) is 5.62. The molecule has 0 spiro atoms. The average Bonchev–Trinajstić information content (AvgIpc) is 2.84. The van der Waals surface area contributed by atoms with E-state index in [4.69, 9.17) is 4.74 Å². The Bertz CT molecular complexity index is 1110. The molecule has 2 amide bonds. The predicted molar refractivity (Wildman–Crippen MR) is 127 cm³/mol. The van der Waals surface area contributed by atoms with E-state index < -0.39 is 0 Å². The molecule has 0 radical (unpaired) electrons. The van der Waals surface area contributed by atoms with E-state index in [1.807, 2.05) is 90.4 Å². The molecule has 1 aliphatic heterocycles. The molecular formula is C27H28N2O3. The maximum absolute atomic E-state index is 13.7. The normalized spacial score (nSPS) is 17.4. The van der Waals surface area contributed by atoms with Crippen LogP contribution in [0.1, 0.15) is 48.7 Å². The third kappa shape index (κ3) is 3.86. The summed E-state index contributed by atoms with van der Waals surface area (Å²) in [7, 11) is 1.57. The highest BCUT2D eigenvalue weighted by Crippen LogP contribution is 2.43. The van der Waals surface area contributed by atoms with Crippen molar-refractivity contribution >= 4 is 23.2 Å². The van der Waals surface area contributed by atoms with Crippen LogP contribution in [-0.4, -0.2) is 25.0 Å². The molecule has 5 heteroatoms. The molecule has 1 heterocycles. The second-order valence-electron chi connectivity index (χ2n) is 7.99. The summed E-state index contributed by atoms with van der Waals surface area (Å²) in [4.78, 5) is 30.5. The summed E-state index contributed by atoms with van der Waals surface area (Å²) < 4.78 is 5.44. The van der Waals surface area contributed by atoms with Crippen LogP contribution in [0, 0.1) is 0 Å². The Labute approximate surface area is 189 Å². The first kappa shape index (κ1) is 21.6. The second-order valence-corrected chi connectivity index (χ2v) is 7.99. The highest BCUT2D eigenvalue weighted by molar-refractivity contribution is 6.09. The molecule has 0 unspecified atom stereocenters. The van der Waals surface area contributed by atoms with Gasteiger partial charge in [-0.3, -0.25) is 9.59 Å². The first-order chi connectivity index (χ1) is 15.6. The third-order valence-electron chi connectivity index (χ3n) is 6.03. The molecule has 0 N–H and O–H groups in total. The molecule has 0 fully saturated rings. The van der Waals surface area contributed by atoms with E-state index >= 15 is 0 Å². The molecular weight excluding hydrogens is 400 g/mol. The lowest BCUT2D eigenvalue weighted by Gasteiger charge is -2.43. The van der Waals surface area contributed by atoms with Crippen molar-refractivity contribution in [2.45, 2.75) is 38.8 Å². The molecule has 164 valence electrons. The fourth-order valence-electron chi connectivity index (χ4n) is 4.54. The number of benzene rings is 3. The van der Waals surface area contributed by atoms with Crippen molar-refractivity contribution in [1.82, 2.24) is 0 Å². The lowest BCUT2D eigenvalue weighted by molar-refractivity contribution is -0.118. The van der Waals surface area contributed by atoms with Crippen molar-refractivity contribution in [3.8, 4) is 5.75 Å². The zero-order valence-corrected chi connectivity index (χ0v) is 18.7. The molecule has 2 atom stereocenters. The van der Waals surface area contributed by atoms with Gasteiger partial charge in [-0.05, 0) is 49.2 Å². The number of rotatable bonds is 5. The maximum Gasteiger partial charge on any atom is 0.262 e. The summed E-state index contributed by atoms with van der Waals surface area (Å²) >= 11 is 0. The Morgan fingerprint density at radius 3 is 2.34 bits per heavy atom. The Kier molecular flexibility index (Phi) is 6.26. The molecule has 3 aromatic carbocycles. The van der Waals surface area contributed by atoms with Gasteiger partial charge in [0.05, 0.1) is 18.7 Å². The van der Waals surface area contributed by atoms with Crippen molar-refractivity contribution in [3.05, 3.63) is 90.0 Å². The SMILES string of the molecule is CCC(=O)N(c1ccccc1)[C@@H]1C[C@@H](C)N(C(=O)c2ccccc2OC)c2ccccc21. The van der Waals surface area contributed by atoms with E-state index in [1.165, 1.54) is 0 Å². The first-order valence-corrected chi connectivity index (χ1v) is 11.0. The number of carbonyl (C=O) groups excluding carboxylic acids is 2. The standard InChI is InChI=1S/C27H28N2O3/c1-4-26(30)29(20-12-6-5-7-13-20)24-18-19(2)28(23-16-10-8-14-21(23)24)27(31)22-15-9-11-17-25(22)32-3/h5-17,19,24H,4,18H2,1-3H3/t19-,24-/m1/s1. The zero-order chi connectivity index (χ0) is 22.7. The van der Waals surface area contributed by atoms with E-state index in [1.54, 1.807) is 19.2 Å². The second kappa shape index (κ2) is 9.27. The smallest absolute Gasteiger partial charge is 0.262 e. The minimum atomic E-state index is -0.155. The lowest BCUT2D eigenvalue weighted by Crippen LogP contribution is -2.47. The molecule has 0 aliphatic carbocycles. The van der Waals surface area contributed by atoms with Crippen LogP contribution in [-0.2, 0) is 4.79 Å². The average molecular weight is 429 g/mol. The van der Waals surface area contributed by atoms with Gasteiger partial charge in [0.25, 0.3) is 5.91 Å². The summed E-state index contributed by atoms with van der Waals surface area (Å²) in [5.74, 6) is 0.512. The van der Waals surface area contributed by atoms with Crippen LogP contribution in [0.5, 0.6) is 5.75 Å². The number of para-hydroxylation sites is 3. The van der Waals surface area contributed by atoms with E-state index in [0.717, 1.165) is 16.9 Å². The number of anilines is 2. The van der Waals surface area contributed by atoms with Crippen molar-refractivity contribution in [1.29, 1.82) is 0 Å². The number of hydrogen-bond acceptors (Lipinski definition) is 3. The van der Waals surface area contributed by atoms with Gasteiger partial charge in [-0.1, -0.05) is 55.5 Å². The van der Waals surface area contributed by atoms with Gasteiger partial charge in [0.1, 0.15) is 5.75 Å². The zero-order valence-electron chi connectivity index (χ0n) is 18.7. The first-order valence-electron chi connectivity index (χ1n) is 11.0. The minimum Gasteiger partial charge on any atom is -0.496 e. The highest BCUT2D eigenvalue weighted by Gasteiger charge is 2.38. The Balaban J connectivity index is 1.80. The van der Waals surface area contributed by atoms with E-state index in [9.17, 15) is 9.59 Å². The van der Waals surface area contributed by atoms with Crippen LogP contribution in [0.3, 0.4) is 0 Å². The van der Waals surface area contributed by atoms with Crippen molar-refractivity contribution in [3.63, 3.8) is 0 Å². The fourth-order valence-corrected chi connectivity index (χ4v) is 4.54. The monoisotopic (exact) mass is 428 g/mol. The number of methoxy groups -OCH3 is 1. The number of amides is 2. The lowest BCUT2D eigenvalue weighted by atomic mass is 9.89. The molecule has 0 saturated carbocycles. The van der Waals surface area contributed by atoms with Crippen LogP contribution in [0.15, 0.2) is 78.9 Å². The summed E-state index contributed by atoms with van der Waals surface area (Å²) in [5.41, 5.74) is 3.20. The maximum atomic E-state index is 13.7. The summed E-state index contributed by atoms with van der Waals surface area (Å²) in [6.45, 7) is 3.92. The minimum absolute atomic E-state index is 0.0627. The molecule has 0 bridgehead atoms. The molecule has 0 aromatic heterocycles. The van der Waals surface area contributed by atoms with E-state index in [-0.39, 0.29) is 23.9 Å². The quantitative estimate of drug-likeness (QED) is 0.530. The van der Waals surface area contributed by atoms with E-state index in [2.05, 4.69) is 0 Å². The van der Waals surface area contributed by atoms with Crippen molar-refractivity contribution < 1.29 is 14.3 Å². The molecule has 4 rings (SSSR count). The number of hydrogen-bond donors (Lipinski definition) is 0. The molecule has 0 saturated heterocycles. The number of fused-ring (bicyclic) bond motifs is 1. The highest BCUT2D eigenvalue weighted by atomic mass is 16.5. The van der Waals surface area contributed by atoms with Crippen LogP contribution < -0.4 is 14.5 Å². The number of nitrogens with zero attached hydrogens (tertiary/aromatic N) is 2. The van der Waals surface area contributed by atoms with Crippen LogP contribution in [0.25, 0.3) is 0 Å². The van der Waals surface area contributed by atoms with Crippen LogP contribution in [0.2, 0.25) is 0 Å². The Morgan fingerprint density at radius 1 is 0.969 bits per heavy atom. The molecule has 3 aromatic rings. The van der Waals surface area contributed by atoms with Crippen LogP contribution >= 0.6 is 0 Å².